The topological polar surface area (TPSA) is 49.8 Å². The zero-order chi connectivity index (χ0) is 9.61. The van der Waals surface area contributed by atoms with Crippen molar-refractivity contribution in [3.63, 3.8) is 0 Å². The van der Waals surface area contributed by atoms with Crippen LogP contribution < -0.4 is 0 Å². The van der Waals surface area contributed by atoms with E-state index in [0.29, 0.717) is 0 Å². The monoisotopic (exact) mass is 255 g/mol. The summed E-state index contributed by atoms with van der Waals surface area (Å²) in [6.45, 7) is 0.406. The highest BCUT2D eigenvalue weighted by atomic mass is 35.5. The van der Waals surface area contributed by atoms with Crippen LogP contribution >= 0.6 is 42.8 Å². The van der Waals surface area contributed by atoms with Crippen molar-refractivity contribution in [2.24, 2.45) is 0 Å². The molecule has 12 heavy (non-hydrogen) atoms. The molecule has 0 aromatic heterocycles. The molecule has 0 spiro atoms. The van der Waals surface area contributed by atoms with E-state index in [1.807, 2.05) is 0 Å². The van der Waals surface area contributed by atoms with Gasteiger partial charge in [0.1, 0.15) is 0 Å². The first-order valence-electron chi connectivity index (χ1n) is 3.09. The largest absolute Gasteiger partial charge is 0.422 e. The van der Waals surface area contributed by atoms with Crippen LogP contribution in [0.5, 0.6) is 0 Å². The molecule has 0 saturated heterocycles. The predicted octanol–water partition coefficient (Wildman–Crippen LogP) is 2.04. The minimum atomic E-state index is -3.89. The van der Waals surface area contributed by atoms with Crippen LogP contribution in [0.4, 0.5) is 0 Å². The first-order valence-corrected chi connectivity index (χ1v) is 5.99. The molecule has 0 amide bonds. The van der Waals surface area contributed by atoms with Crippen LogP contribution in [-0.2, 0) is 8.64 Å². The van der Waals surface area contributed by atoms with E-state index < -0.39 is 7.75 Å². The Balaban J connectivity index is 4.17. The second kappa shape index (κ2) is 6.44. The molecule has 74 valence electrons. The van der Waals surface area contributed by atoms with E-state index in [1.54, 1.807) is 0 Å². The molecule has 0 bridgehead atoms. The second-order valence-corrected chi connectivity index (χ2v) is 4.75. The summed E-state index contributed by atoms with van der Waals surface area (Å²) in [5, 5.41) is 0. The van der Waals surface area contributed by atoms with Crippen molar-refractivity contribution in [2.75, 3.05) is 24.8 Å². The molecule has 0 rings (SSSR count). The number of rotatable bonds is 6. The van der Waals surface area contributed by atoms with Crippen LogP contribution in [0.2, 0.25) is 0 Å². The van der Waals surface area contributed by atoms with Gasteiger partial charge in [0.25, 0.3) is 0 Å². The van der Waals surface area contributed by atoms with Gasteiger partial charge in [-0.15, -0.1) is 23.2 Å². The zero-order valence-corrected chi connectivity index (χ0v) is 9.28. The van der Waals surface area contributed by atoms with Crippen molar-refractivity contribution < 1.29 is 13.5 Å². The molecule has 0 aliphatic rings. The van der Waals surface area contributed by atoms with Crippen molar-refractivity contribution in [3.05, 3.63) is 0 Å². The summed E-state index contributed by atoms with van der Waals surface area (Å²) in [5.74, 6) is 0.420. The lowest BCUT2D eigenvalue weighted by atomic mass is 10.7. The molecule has 0 aromatic carbocycles. The van der Waals surface area contributed by atoms with E-state index in [1.165, 1.54) is 0 Å². The van der Waals surface area contributed by atoms with E-state index in [2.05, 4.69) is 4.08 Å². The minimum Gasteiger partial charge on any atom is -0.311 e. The Morgan fingerprint density at radius 3 is 2.00 bits per heavy atom. The van der Waals surface area contributed by atoms with Gasteiger partial charge in [-0.1, -0.05) is 0 Å². The Labute approximate surface area is 86.1 Å². The lowest BCUT2D eigenvalue weighted by molar-refractivity contribution is 0.298. The van der Waals surface area contributed by atoms with Gasteiger partial charge in [0.2, 0.25) is 0 Å². The van der Waals surface area contributed by atoms with Gasteiger partial charge in [-0.3, -0.25) is 0 Å². The van der Waals surface area contributed by atoms with Crippen LogP contribution in [0.1, 0.15) is 0 Å². The third-order valence-corrected chi connectivity index (χ3v) is 3.30. The molecule has 8 heteroatoms. The first-order chi connectivity index (χ1) is 5.58. The second-order valence-electron chi connectivity index (χ2n) is 1.89. The van der Waals surface area contributed by atoms with Crippen molar-refractivity contribution in [2.45, 2.75) is 0 Å². The summed E-state index contributed by atoms with van der Waals surface area (Å²) in [7, 11) is -3.89. The van der Waals surface area contributed by atoms with Gasteiger partial charge in [0.05, 0.1) is 11.9 Å². The normalized spacial score (nSPS) is 16.4. The molecule has 4 nitrogen and oxygen atoms in total. The molecule has 0 heterocycles. The fraction of sp³-hybridized carbons (Fsp3) is 1.00. The Morgan fingerprint density at radius 1 is 1.33 bits per heavy atom. The molecule has 1 N–H and O–H groups in total. The molecule has 0 aliphatic carbocycles. The molecule has 1 unspecified atom stereocenters. The van der Waals surface area contributed by atoms with Crippen LogP contribution in [0.15, 0.2) is 0 Å². The Morgan fingerprint density at radius 2 is 1.75 bits per heavy atom. The van der Waals surface area contributed by atoms with Gasteiger partial charge in [-0.25, -0.2) is 9.24 Å². The SMILES string of the molecule is O=P(O)(OCl)N(CCCl)CCCl. The summed E-state index contributed by atoms with van der Waals surface area (Å²) in [6, 6.07) is 0. The first kappa shape index (κ1) is 13.0. The molecule has 0 aliphatic heterocycles. The molecule has 0 aromatic rings. The summed E-state index contributed by atoms with van der Waals surface area (Å²) < 4.78 is 16.1. The highest BCUT2D eigenvalue weighted by Crippen LogP contribution is 2.47. The third-order valence-electron chi connectivity index (χ3n) is 1.13. The van der Waals surface area contributed by atoms with Gasteiger partial charge < -0.3 is 4.89 Å². The average Bonchev–Trinajstić information content (AvgIpc) is 2.04. The smallest absolute Gasteiger partial charge is 0.311 e. The van der Waals surface area contributed by atoms with E-state index in [9.17, 15) is 4.57 Å². The van der Waals surface area contributed by atoms with Gasteiger partial charge in [-0.2, -0.15) is 4.08 Å². The fourth-order valence-electron chi connectivity index (χ4n) is 0.603. The third kappa shape index (κ3) is 4.28. The van der Waals surface area contributed by atoms with Crippen molar-refractivity contribution in [1.82, 2.24) is 4.67 Å². The number of halogens is 3. The molecule has 0 radical (unpaired) electrons. The molecule has 0 saturated carbocycles. The Hall–Kier alpha value is 0.980. The highest BCUT2D eigenvalue weighted by Gasteiger charge is 2.28. The fourth-order valence-corrected chi connectivity index (χ4v) is 2.30. The quantitative estimate of drug-likeness (QED) is 0.583. The Bertz CT molecular complexity index is 164. The lowest BCUT2D eigenvalue weighted by Gasteiger charge is -2.21. The number of alkyl halides is 2. The molecular weight excluding hydrogens is 247 g/mol. The van der Waals surface area contributed by atoms with Crippen molar-refractivity contribution in [1.29, 1.82) is 0 Å². The van der Waals surface area contributed by atoms with Crippen molar-refractivity contribution in [3.8, 4) is 0 Å². The standard InChI is InChI=1S/C4H9Cl3NO3P/c5-1-3-8(4-2-6)12(9,10)11-7/h1-4H2,(H,9,10). The number of nitrogens with zero attached hydrogens (tertiary/aromatic N) is 1. The molecular formula is C4H9Cl3NO3P. The highest BCUT2D eigenvalue weighted by molar-refractivity contribution is 7.51. The van der Waals surface area contributed by atoms with Gasteiger partial charge in [0, 0.05) is 24.8 Å². The Kier molecular flexibility index (Phi) is 6.96. The minimum absolute atomic E-state index is 0.203. The van der Waals surface area contributed by atoms with E-state index in [4.69, 9.17) is 40.0 Å². The maximum absolute atomic E-state index is 11.1. The lowest BCUT2D eigenvalue weighted by Crippen LogP contribution is -2.24. The summed E-state index contributed by atoms with van der Waals surface area (Å²) in [5.41, 5.74) is 0. The van der Waals surface area contributed by atoms with Gasteiger partial charge in [0.15, 0.2) is 0 Å². The summed E-state index contributed by atoms with van der Waals surface area (Å²) in [4.78, 5) is 9.06. The maximum Gasteiger partial charge on any atom is 0.422 e. The molecule has 0 fully saturated rings. The number of hydrogen-bond acceptors (Lipinski definition) is 2. The van der Waals surface area contributed by atoms with Crippen LogP contribution in [-0.4, -0.2) is 34.4 Å². The van der Waals surface area contributed by atoms with Gasteiger partial charge >= 0.3 is 7.75 Å². The predicted molar refractivity (Wildman–Crippen MR) is 49.8 cm³/mol. The zero-order valence-electron chi connectivity index (χ0n) is 6.12. The van der Waals surface area contributed by atoms with Crippen LogP contribution in [0.3, 0.4) is 0 Å². The average molecular weight is 256 g/mol. The summed E-state index contributed by atoms with van der Waals surface area (Å²) >= 11 is 15.6. The van der Waals surface area contributed by atoms with Crippen LogP contribution in [0, 0.1) is 0 Å². The van der Waals surface area contributed by atoms with Gasteiger partial charge in [-0.05, 0) is 0 Å². The van der Waals surface area contributed by atoms with Crippen LogP contribution in [0.25, 0.3) is 0 Å². The summed E-state index contributed by atoms with van der Waals surface area (Å²) in [6.07, 6.45) is 0. The van der Waals surface area contributed by atoms with E-state index >= 15 is 0 Å². The van der Waals surface area contributed by atoms with E-state index in [-0.39, 0.29) is 24.8 Å². The number of hydrogen-bond donors (Lipinski definition) is 1. The van der Waals surface area contributed by atoms with E-state index in [0.717, 1.165) is 4.67 Å². The van der Waals surface area contributed by atoms with Crippen molar-refractivity contribution >= 4 is 42.8 Å². The maximum atomic E-state index is 11.1. The molecule has 1 atom stereocenters.